The number of rotatable bonds is 0. The van der Waals surface area contributed by atoms with Crippen molar-refractivity contribution in [3.8, 4) is 0 Å². The summed E-state index contributed by atoms with van der Waals surface area (Å²) in [6.07, 6.45) is 3.32. The Bertz CT molecular complexity index is 527. The third-order valence-electron chi connectivity index (χ3n) is 3.80. The summed E-state index contributed by atoms with van der Waals surface area (Å²) in [4.78, 5) is 4.88. The van der Waals surface area contributed by atoms with Crippen molar-refractivity contribution in [2.75, 3.05) is 0 Å². The van der Waals surface area contributed by atoms with Gasteiger partial charge >= 0.3 is 0 Å². The Balaban J connectivity index is 2.01. The Morgan fingerprint density at radius 1 is 1.06 bits per heavy atom. The lowest BCUT2D eigenvalue weighted by Gasteiger charge is -2.19. The molecule has 0 bridgehead atoms. The van der Waals surface area contributed by atoms with Crippen LogP contribution in [0.25, 0.3) is 5.57 Å². The van der Waals surface area contributed by atoms with E-state index in [1.807, 2.05) is 0 Å². The molecule has 2 aliphatic rings. The fourth-order valence-corrected chi connectivity index (χ4v) is 2.72. The van der Waals surface area contributed by atoms with Gasteiger partial charge in [0.05, 0.1) is 0 Å². The second kappa shape index (κ2) is 3.56. The normalized spacial score (nSPS) is 18.9. The molecule has 1 heterocycles. The highest BCUT2D eigenvalue weighted by atomic mass is 14.8. The molecule has 0 N–H and O–H groups in total. The molecule has 88 valence electrons. The van der Waals surface area contributed by atoms with Crippen LogP contribution >= 0.6 is 0 Å². The quantitative estimate of drug-likeness (QED) is 0.626. The van der Waals surface area contributed by atoms with E-state index in [0.29, 0.717) is 0 Å². The Hall–Kier alpha value is -1.37. The maximum absolute atomic E-state index is 4.88. The van der Waals surface area contributed by atoms with Gasteiger partial charge in [-0.15, -0.1) is 0 Å². The van der Waals surface area contributed by atoms with Crippen LogP contribution in [0.5, 0.6) is 0 Å². The lowest BCUT2D eigenvalue weighted by atomic mass is 9.83. The van der Waals surface area contributed by atoms with E-state index in [1.165, 1.54) is 28.1 Å². The predicted molar refractivity (Wildman–Crippen MR) is 73.2 cm³/mol. The topological polar surface area (TPSA) is 12.4 Å². The maximum Gasteiger partial charge on any atom is 0.0448 e. The average molecular weight is 225 g/mol. The largest absolute Gasteiger partial charge is 0.261 e. The monoisotopic (exact) mass is 225 g/mol. The summed E-state index contributed by atoms with van der Waals surface area (Å²) in [5.74, 6) is 0. The Kier molecular flexibility index (Phi) is 2.25. The third kappa shape index (κ3) is 1.74. The highest BCUT2D eigenvalue weighted by Crippen LogP contribution is 2.41. The zero-order valence-electron chi connectivity index (χ0n) is 10.9. The Morgan fingerprint density at radius 3 is 2.59 bits per heavy atom. The smallest absolute Gasteiger partial charge is 0.0448 e. The van der Waals surface area contributed by atoms with Crippen molar-refractivity contribution in [2.45, 2.75) is 40.0 Å². The van der Waals surface area contributed by atoms with Crippen LogP contribution in [0.4, 0.5) is 0 Å². The molecule has 0 atom stereocenters. The minimum atomic E-state index is 0.201. The van der Waals surface area contributed by atoms with Crippen molar-refractivity contribution in [2.24, 2.45) is 10.4 Å². The van der Waals surface area contributed by atoms with Crippen molar-refractivity contribution >= 4 is 11.3 Å². The molecule has 1 aliphatic carbocycles. The van der Waals surface area contributed by atoms with Crippen LogP contribution in [0.1, 0.15) is 44.7 Å². The van der Waals surface area contributed by atoms with Gasteiger partial charge in [-0.2, -0.15) is 0 Å². The van der Waals surface area contributed by atoms with Gasteiger partial charge in [-0.1, -0.05) is 45.0 Å². The molecular weight excluding hydrogens is 206 g/mol. The van der Waals surface area contributed by atoms with Gasteiger partial charge in [0.15, 0.2) is 0 Å². The van der Waals surface area contributed by atoms with E-state index in [-0.39, 0.29) is 5.41 Å². The van der Waals surface area contributed by atoms with Gasteiger partial charge in [0, 0.05) is 23.2 Å². The highest BCUT2D eigenvalue weighted by molar-refractivity contribution is 6.03. The molecule has 17 heavy (non-hydrogen) atoms. The van der Waals surface area contributed by atoms with Crippen LogP contribution < -0.4 is 0 Å². The van der Waals surface area contributed by atoms with E-state index in [2.05, 4.69) is 45.0 Å². The van der Waals surface area contributed by atoms with Crippen LogP contribution in [0.15, 0.2) is 35.0 Å². The van der Waals surface area contributed by atoms with Crippen molar-refractivity contribution < 1.29 is 0 Å². The number of hydrogen-bond donors (Lipinski definition) is 0. The van der Waals surface area contributed by atoms with E-state index in [4.69, 9.17) is 4.99 Å². The summed E-state index contributed by atoms with van der Waals surface area (Å²) in [6.45, 7) is 6.78. The second-order valence-corrected chi connectivity index (χ2v) is 6.07. The molecule has 0 saturated carbocycles. The van der Waals surface area contributed by atoms with Gasteiger partial charge in [0.1, 0.15) is 0 Å². The van der Waals surface area contributed by atoms with E-state index >= 15 is 0 Å². The first-order valence-electron chi connectivity index (χ1n) is 6.44. The fraction of sp³-hybridized carbons (Fsp3) is 0.438. The van der Waals surface area contributed by atoms with Crippen LogP contribution in [0.3, 0.4) is 0 Å². The summed E-state index contributed by atoms with van der Waals surface area (Å²) in [5, 5.41) is 0. The zero-order chi connectivity index (χ0) is 12.0. The lowest BCUT2D eigenvalue weighted by Crippen LogP contribution is -2.18. The van der Waals surface area contributed by atoms with E-state index in [9.17, 15) is 0 Å². The SMILES string of the molecule is CC(C)(C)C1=NC2=C(C1)c1ccccc1CC2. The van der Waals surface area contributed by atoms with E-state index in [0.717, 1.165) is 19.3 Å². The molecule has 1 nitrogen and oxygen atoms in total. The van der Waals surface area contributed by atoms with Crippen molar-refractivity contribution in [3.63, 3.8) is 0 Å². The molecule has 3 rings (SSSR count). The van der Waals surface area contributed by atoms with Crippen molar-refractivity contribution in [3.05, 3.63) is 41.1 Å². The number of allylic oxidation sites excluding steroid dienone is 2. The summed E-state index contributed by atoms with van der Waals surface area (Å²) < 4.78 is 0. The highest BCUT2D eigenvalue weighted by Gasteiger charge is 2.29. The molecule has 0 fully saturated rings. The van der Waals surface area contributed by atoms with Crippen molar-refractivity contribution in [1.82, 2.24) is 0 Å². The number of fused-ring (bicyclic) bond motifs is 2. The standard InChI is InChI=1S/C16H19N/c1-16(2,3)15-10-13-12-7-5-4-6-11(12)8-9-14(13)17-15/h4-7H,8-10H2,1-3H3. The van der Waals surface area contributed by atoms with Crippen LogP contribution in [-0.4, -0.2) is 5.71 Å². The summed E-state index contributed by atoms with van der Waals surface area (Å²) >= 11 is 0. The summed E-state index contributed by atoms with van der Waals surface area (Å²) in [5.41, 5.74) is 7.31. The van der Waals surface area contributed by atoms with Gasteiger partial charge in [-0.3, -0.25) is 4.99 Å². The van der Waals surface area contributed by atoms with Crippen molar-refractivity contribution in [1.29, 1.82) is 0 Å². The molecule has 1 heteroatoms. The molecule has 0 unspecified atom stereocenters. The van der Waals surface area contributed by atoms with Gasteiger partial charge in [0.2, 0.25) is 0 Å². The van der Waals surface area contributed by atoms with Crippen LogP contribution in [0, 0.1) is 5.41 Å². The molecule has 0 amide bonds. The third-order valence-corrected chi connectivity index (χ3v) is 3.80. The van der Waals surface area contributed by atoms with E-state index in [1.54, 1.807) is 0 Å². The number of nitrogens with zero attached hydrogens (tertiary/aromatic N) is 1. The van der Waals surface area contributed by atoms with Gasteiger partial charge in [-0.05, 0) is 29.5 Å². The number of benzene rings is 1. The molecule has 0 saturated heterocycles. The first-order chi connectivity index (χ1) is 8.05. The first-order valence-corrected chi connectivity index (χ1v) is 6.44. The maximum atomic E-state index is 4.88. The summed E-state index contributed by atoms with van der Waals surface area (Å²) in [6, 6.07) is 8.80. The molecule has 0 spiro atoms. The van der Waals surface area contributed by atoms with E-state index < -0.39 is 0 Å². The minimum Gasteiger partial charge on any atom is -0.261 e. The number of hydrogen-bond acceptors (Lipinski definition) is 1. The molecular formula is C16H19N. The Morgan fingerprint density at radius 2 is 1.82 bits per heavy atom. The zero-order valence-corrected chi connectivity index (χ0v) is 10.9. The van der Waals surface area contributed by atoms with Gasteiger partial charge in [-0.25, -0.2) is 0 Å². The Labute approximate surface area is 103 Å². The number of aliphatic imine (C=N–C) groups is 1. The second-order valence-electron chi connectivity index (χ2n) is 6.07. The fourth-order valence-electron chi connectivity index (χ4n) is 2.72. The average Bonchev–Trinajstić information content (AvgIpc) is 2.72. The first kappa shape index (κ1) is 10.8. The molecule has 0 radical (unpaired) electrons. The molecule has 1 aliphatic heterocycles. The van der Waals surface area contributed by atoms with Crippen LogP contribution in [-0.2, 0) is 6.42 Å². The minimum absolute atomic E-state index is 0.201. The molecule has 1 aromatic carbocycles. The summed E-state index contributed by atoms with van der Waals surface area (Å²) in [7, 11) is 0. The van der Waals surface area contributed by atoms with Crippen LogP contribution in [0.2, 0.25) is 0 Å². The molecule has 1 aromatic rings. The molecule has 0 aromatic heterocycles. The number of aryl methyl sites for hydroxylation is 1. The van der Waals surface area contributed by atoms with Gasteiger partial charge in [0.25, 0.3) is 0 Å². The van der Waals surface area contributed by atoms with Gasteiger partial charge < -0.3 is 0 Å². The lowest BCUT2D eigenvalue weighted by molar-refractivity contribution is 0.585. The predicted octanol–water partition coefficient (Wildman–Crippen LogP) is 4.23.